The fourth-order valence-corrected chi connectivity index (χ4v) is 1.63. The van der Waals surface area contributed by atoms with Crippen molar-refractivity contribution in [1.29, 1.82) is 0 Å². The van der Waals surface area contributed by atoms with Crippen LogP contribution in [0, 0.1) is 0 Å². The van der Waals surface area contributed by atoms with Crippen molar-refractivity contribution in [2.75, 3.05) is 39.3 Å². The smallest absolute Gasteiger partial charge is 0.0109 e. The van der Waals surface area contributed by atoms with E-state index in [4.69, 9.17) is 0 Å². The van der Waals surface area contributed by atoms with E-state index in [0.717, 1.165) is 0 Å². The molecule has 0 atom stereocenters. The van der Waals surface area contributed by atoms with Crippen molar-refractivity contribution in [2.45, 2.75) is 40.5 Å². The van der Waals surface area contributed by atoms with Crippen molar-refractivity contribution in [3.8, 4) is 0 Å². The summed E-state index contributed by atoms with van der Waals surface area (Å²) in [7, 11) is 0. The first-order chi connectivity index (χ1) is 6.78. The van der Waals surface area contributed by atoms with Gasteiger partial charge in [0.2, 0.25) is 0 Å². The summed E-state index contributed by atoms with van der Waals surface area (Å²) in [4.78, 5) is 5.05. The molecule has 0 aromatic carbocycles. The zero-order valence-electron chi connectivity index (χ0n) is 10.6. The van der Waals surface area contributed by atoms with Crippen LogP contribution in [0.3, 0.4) is 0 Å². The second-order valence-electron chi connectivity index (χ2n) is 3.81. The van der Waals surface area contributed by atoms with Gasteiger partial charge in [0.1, 0.15) is 0 Å². The van der Waals surface area contributed by atoms with Crippen molar-refractivity contribution in [2.24, 2.45) is 0 Å². The molecule has 0 saturated carbocycles. The average molecular weight is 200 g/mol. The van der Waals surface area contributed by atoms with Gasteiger partial charge in [-0.15, -0.1) is 0 Å². The molecule has 0 fully saturated rings. The van der Waals surface area contributed by atoms with Gasteiger partial charge in [-0.1, -0.05) is 34.1 Å². The summed E-state index contributed by atoms with van der Waals surface area (Å²) < 4.78 is 0. The Kier molecular flexibility index (Phi) is 9.42. The van der Waals surface area contributed by atoms with E-state index in [9.17, 15) is 0 Å². The van der Waals surface area contributed by atoms with Crippen LogP contribution in [-0.2, 0) is 0 Å². The van der Waals surface area contributed by atoms with Crippen LogP contribution in [0.1, 0.15) is 40.5 Å². The Bertz CT molecular complexity index is 111. The van der Waals surface area contributed by atoms with Crippen LogP contribution in [0.5, 0.6) is 0 Å². The highest BCUT2D eigenvalue weighted by Gasteiger charge is 2.04. The zero-order chi connectivity index (χ0) is 10.8. The van der Waals surface area contributed by atoms with Gasteiger partial charge in [0.05, 0.1) is 0 Å². The van der Waals surface area contributed by atoms with Gasteiger partial charge in [0, 0.05) is 13.1 Å². The van der Waals surface area contributed by atoms with Crippen LogP contribution in [0.15, 0.2) is 0 Å². The lowest BCUT2D eigenvalue weighted by Crippen LogP contribution is -2.35. The van der Waals surface area contributed by atoms with E-state index in [1.165, 1.54) is 52.1 Å². The number of nitrogens with zero attached hydrogens (tertiary/aromatic N) is 2. The summed E-state index contributed by atoms with van der Waals surface area (Å²) in [5, 5.41) is 0. The highest BCUT2D eigenvalue weighted by atomic mass is 15.2. The third kappa shape index (κ3) is 6.39. The maximum absolute atomic E-state index is 2.56. The number of likely N-dealkylation sites (N-methyl/N-ethyl adjacent to an activating group) is 2. The quantitative estimate of drug-likeness (QED) is 0.564. The molecule has 0 aliphatic heterocycles. The summed E-state index contributed by atoms with van der Waals surface area (Å²) in [5.74, 6) is 0. The molecule has 0 bridgehead atoms. The maximum Gasteiger partial charge on any atom is 0.0109 e. The van der Waals surface area contributed by atoms with E-state index in [1.807, 2.05) is 0 Å². The Morgan fingerprint density at radius 3 is 1.57 bits per heavy atom. The van der Waals surface area contributed by atoms with Crippen LogP contribution in [0.4, 0.5) is 0 Å². The number of hydrogen-bond acceptors (Lipinski definition) is 2. The second kappa shape index (κ2) is 9.47. The molecule has 2 heteroatoms. The fraction of sp³-hybridized carbons (Fsp3) is 1.00. The summed E-state index contributed by atoms with van der Waals surface area (Å²) in [5.41, 5.74) is 0. The van der Waals surface area contributed by atoms with E-state index in [-0.39, 0.29) is 0 Å². The van der Waals surface area contributed by atoms with Crippen molar-refractivity contribution in [3.63, 3.8) is 0 Å². The highest BCUT2D eigenvalue weighted by Crippen LogP contribution is 1.96. The predicted molar refractivity (Wildman–Crippen MR) is 64.8 cm³/mol. The molecule has 86 valence electrons. The van der Waals surface area contributed by atoms with Crippen molar-refractivity contribution in [3.05, 3.63) is 0 Å². The van der Waals surface area contributed by atoms with Crippen LogP contribution in [0.2, 0.25) is 0 Å². The minimum absolute atomic E-state index is 1.18. The van der Waals surface area contributed by atoms with E-state index in [1.54, 1.807) is 0 Å². The summed E-state index contributed by atoms with van der Waals surface area (Å²) in [6.07, 6.45) is 2.65. The van der Waals surface area contributed by atoms with Gasteiger partial charge in [0.25, 0.3) is 0 Å². The lowest BCUT2D eigenvalue weighted by Gasteiger charge is -2.25. The van der Waals surface area contributed by atoms with E-state index >= 15 is 0 Å². The average Bonchev–Trinajstić information content (AvgIpc) is 2.23. The molecule has 2 nitrogen and oxygen atoms in total. The Hall–Kier alpha value is -0.0800. The topological polar surface area (TPSA) is 6.48 Å². The Labute approximate surface area is 90.3 Å². The molecule has 0 aromatic heterocycles. The molecule has 0 aliphatic rings. The number of unbranched alkanes of at least 4 members (excludes halogenated alkanes) is 1. The molecule has 0 rings (SSSR count). The molecule has 0 radical (unpaired) electrons. The van der Waals surface area contributed by atoms with Crippen molar-refractivity contribution < 1.29 is 0 Å². The second-order valence-corrected chi connectivity index (χ2v) is 3.81. The summed E-state index contributed by atoms with van der Waals surface area (Å²) >= 11 is 0. The van der Waals surface area contributed by atoms with Gasteiger partial charge in [0.15, 0.2) is 0 Å². The Balaban J connectivity index is 3.59. The molecular formula is C12H28N2. The largest absolute Gasteiger partial charge is 0.303 e. The van der Waals surface area contributed by atoms with Gasteiger partial charge >= 0.3 is 0 Å². The fourth-order valence-electron chi connectivity index (χ4n) is 1.63. The van der Waals surface area contributed by atoms with Gasteiger partial charge in [-0.25, -0.2) is 0 Å². The predicted octanol–water partition coefficient (Wildman–Crippen LogP) is 2.45. The number of rotatable bonds is 9. The first-order valence-electron chi connectivity index (χ1n) is 6.23. The molecule has 0 spiro atoms. The van der Waals surface area contributed by atoms with Crippen LogP contribution in [-0.4, -0.2) is 49.1 Å². The number of hydrogen-bond donors (Lipinski definition) is 0. The molecule has 0 aliphatic carbocycles. The van der Waals surface area contributed by atoms with Gasteiger partial charge in [-0.2, -0.15) is 0 Å². The maximum atomic E-state index is 2.56. The minimum atomic E-state index is 1.18. The molecular weight excluding hydrogens is 172 g/mol. The zero-order valence-corrected chi connectivity index (χ0v) is 10.6. The van der Waals surface area contributed by atoms with Crippen LogP contribution < -0.4 is 0 Å². The molecule has 0 aromatic rings. The van der Waals surface area contributed by atoms with Gasteiger partial charge in [-0.3, -0.25) is 0 Å². The highest BCUT2D eigenvalue weighted by molar-refractivity contribution is 4.60. The third-order valence-corrected chi connectivity index (χ3v) is 2.90. The minimum Gasteiger partial charge on any atom is -0.303 e. The van der Waals surface area contributed by atoms with Gasteiger partial charge < -0.3 is 9.80 Å². The summed E-state index contributed by atoms with van der Waals surface area (Å²) in [6, 6.07) is 0. The van der Waals surface area contributed by atoms with Crippen LogP contribution >= 0.6 is 0 Å². The monoisotopic (exact) mass is 200 g/mol. The lowest BCUT2D eigenvalue weighted by atomic mass is 10.3. The molecule has 0 amide bonds. The van der Waals surface area contributed by atoms with Crippen molar-refractivity contribution in [1.82, 2.24) is 9.80 Å². The van der Waals surface area contributed by atoms with E-state index in [0.29, 0.717) is 0 Å². The van der Waals surface area contributed by atoms with E-state index in [2.05, 4.69) is 37.5 Å². The Morgan fingerprint density at radius 1 is 0.643 bits per heavy atom. The molecule has 0 N–H and O–H groups in total. The Morgan fingerprint density at radius 2 is 1.14 bits per heavy atom. The first kappa shape index (κ1) is 13.9. The lowest BCUT2D eigenvalue weighted by molar-refractivity contribution is 0.218. The molecule has 0 unspecified atom stereocenters. The first-order valence-corrected chi connectivity index (χ1v) is 6.23. The SMILES string of the molecule is CCCCN(CC)CCN(CC)CC. The van der Waals surface area contributed by atoms with E-state index < -0.39 is 0 Å². The molecule has 0 saturated heterocycles. The molecule has 0 heterocycles. The summed E-state index contributed by atoms with van der Waals surface area (Å²) in [6.45, 7) is 16.3. The third-order valence-electron chi connectivity index (χ3n) is 2.90. The molecule has 14 heavy (non-hydrogen) atoms. The normalized spacial score (nSPS) is 11.6. The van der Waals surface area contributed by atoms with Gasteiger partial charge in [-0.05, 0) is 32.6 Å². The van der Waals surface area contributed by atoms with Crippen molar-refractivity contribution >= 4 is 0 Å². The standard InChI is InChI=1S/C12H28N2/c1-5-9-10-14(8-4)12-11-13(6-2)7-3/h5-12H2,1-4H3. The van der Waals surface area contributed by atoms with Crippen LogP contribution in [0.25, 0.3) is 0 Å².